The Morgan fingerprint density at radius 1 is 1.06 bits per heavy atom. The number of halogens is 1. The number of aromatic nitrogens is 2. The molecule has 3 aromatic rings. The van der Waals surface area contributed by atoms with E-state index in [0.29, 0.717) is 50.6 Å². The first-order valence-corrected chi connectivity index (χ1v) is 11.1. The second kappa shape index (κ2) is 8.67. The Labute approximate surface area is 190 Å². The van der Waals surface area contributed by atoms with Gasteiger partial charge >= 0.3 is 0 Å². The van der Waals surface area contributed by atoms with Gasteiger partial charge in [-0.2, -0.15) is 9.78 Å². The fourth-order valence-electron chi connectivity index (χ4n) is 4.23. The molecule has 32 heavy (non-hydrogen) atoms. The summed E-state index contributed by atoms with van der Waals surface area (Å²) in [5.74, 6) is 1.03. The van der Waals surface area contributed by atoms with Gasteiger partial charge in [0.1, 0.15) is 10.8 Å². The van der Waals surface area contributed by atoms with E-state index in [0.717, 1.165) is 17.7 Å². The lowest BCUT2D eigenvalue weighted by molar-refractivity contribution is -0.130. The predicted octanol–water partition coefficient (Wildman–Crippen LogP) is 2.71. The average molecular weight is 451 g/mol. The van der Waals surface area contributed by atoms with Gasteiger partial charge in [-0.15, -0.1) is 0 Å². The zero-order valence-electron chi connectivity index (χ0n) is 17.5. The second-order valence-corrected chi connectivity index (χ2v) is 8.36. The summed E-state index contributed by atoms with van der Waals surface area (Å²) in [6.45, 7) is 3.05. The third-order valence-corrected chi connectivity index (χ3v) is 6.34. The zero-order chi connectivity index (χ0) is 22.1. The minimum atomic E-state index is -0.352. The van der Waals surface area contributed by atoms with Gasteiger partial charge in [-0.05, 0) is 29.3 Å². The standard InChI is InChI=1S/C24H23ClN4O3/c25-23-20(16-26-29(24(23)31)19-4-2-1-3-5-19)27-9-11-28(12-10-27)22(30)15-17-6-7-21-18(14-17)8-13-32-21/h1-7,14,16H,8-13,15H2. The molecular formula is C24H23ClN4O3. The van der Waals surface area contributed by atoms with Crippen LogP contribution in [0, 0.1) is 0 Å². The molecule has 0 bridgehead atoms. The third-order valence-electron chi connectivity index (χ3n) is 5.98. The van der Waals surface area contributed by atoms with Gasteiger partial charge in [0.15, 0.2) is 0 Å². The van der Waals surface area contributed by atoms with Gasteiger partial charge in [0, 0.05) is 32.6 Å². The van der Waals surface area contributed by atoms with Crippen LogP contribution in [0.2, 0.25) is 5.02 Å². The van der Waals surface area contributed by atoms with Crippen molar-refractivity contribution in [3.8, 4) is 11.4 Å². The lowest BCUT2D eigenvalue weighted by atomic mass is 10.1. The molecule has 0 radical (unpaired) electrons. The van der Waals surface area contributed by atoms with Crippen molar-refractivity contribution in [2.75, 3.05) is 37.7 Å². The average Bonchev–Trinajstić information content (AvgIpc) is 3.29. The molecule has 0 saturated carbocycles. The number of fused-ring (bicyclic) bond motifs is 1. The van der Waals surface area contributed by atoms with Crippen LogP contribution in [0.4, 0.5) is 5.69 Å². The van der Waals surface area contributed by atoms with Crippen molar-refractivity contribution in [3.63, 3.8) is 0 Å². The van der Waals surface area contributed by atoms with E-state index in [-0.39, 0.29) is 16.5 Å². The highest BCUT2D eigenvalue weighted by Crippen LogP contribution is 2.27. The zero-order valence-corrected chi connectivity index (χ0v) is 18.3. The molecule has 0 N–H and O–H groups in total. The van der Waals surface area contributed by atoms with Gasteiger partial charge in [-0.3, -0.25) is 9.59 Å². The van der Waals surface area contributed by atoms with Crippen molar-refractivity contribution in [2.45, 2.75) is 12.8 Å². The molecule has 1 aromatic heterocycles. The fourth-order valence-corrected chi connectivity index (χ4v) is 4.48. The van der Waals surface area contributed by atoms with Gasteiger partial charge in [0.25, 0.3) is 5.56 Å². The number of rotatable bonds is 4. The van der Waals surface area contributed by atoms with E-state index < -0.39 is 0 Å². The number of hydrogen-bond donors (Lipinski definition) is 0. The van der Waals surface area contributed by atoms with Gasteiger partial charge in [0.2, 0.25) is 5.91 Å². The summed E-state index contributed by atoms with van der Waals surface area (Å²) in [4.78, 5) is 29.5. The maximum atomic E-state index is 12.8. The molecule has 0 aliphatic carbocycles. The smallest absolute Gasteiger partial charge is 0.292 e. The van der Waals surface area contributed by atoms with Gasteiger partial charge in [0.05, 0.1) is 30.6 Å². The largest absolute Gasteiger partial charge is 0.493 e. The molecule has 8 heteroatoms. The lowest BCUT2D eigenvalue weighted by Gasteiger charge is -2.36. The van der Waals surface area contributed by atoms with Crippen LogP contribution in [0.5, 0.6) is 5.75 Å². The van der Waals surface area contributed by atoms with E-state index in [1.54, 1.807) is 6.20 Å². The van der Waals surface area contributed by atoms with E-state index in [1.807, 2.05) is 52.3 Å². The number of carbonyl (C=O) groups excluding carboxylic acids is 1. The number of benzene rings is 2. The molecule has 1 amide bonds. The Hall–Kier alpha value is -3.32. The van der Waals surface area contributed by atoms with Crippen molar-refractivity contribution >= 4 is 23.2 Å². The highest BCUT2D eigenvalue weighted by molar-refractivity contribution is 6.33. The first kappa shape index (κ1) is 20.6. The van der Waals surface area contributed by atoms with Crippen LogP contribution in [0.3, 0.4) is 0 Å². The van der Waals surface area contributed by atoms with E-state index in [4.69, 9.17) is 16.3 Å². The number of carbonyl (C=O) groups is 1. The van der Waals surface area contributed by atoms with E-state index in [2.05, 4.69) is 11.2 Å². The van der Waals surface area contributed by atoms with E-state index >= 15 is 0 Å². The molecule has 2 aliphatic heterocycles. The molecule has 0 spiro atoms. The highest BCUT2D eigenvalue weighted by atomic mass is 35.5. The van der Waals surface area contributed by atoms with Crippen LogP contribution in [0.25, 0.3) is 5.69 Å². The van der Waals surface area contributed by atoms with E-state index in [1.165, 1.54) is 10.2 Å². The summed E-state index contributed by atoms with van der Waals surface area (Å²) in [5.41, 5.74) is 3.11. The molecule has 1 fully saturated rings. The number of ether oxygens (including phenoxy) is 1. The number of piperazine rings is 1. The fraction of sp³-hybridized carbons (Fsp3) is 0.292. The molecule has 7 nitrogen and oxygen atoms in total. The molecule has 5 rings (SSSR count). The molecule has 164 valence electrons. The quantitative estimate of drug-likeness (QED) is 0.611. The molecule has 2 aromatic carbocycles. The first-order valence-electron chi connectivity index (χ1n) is 10.7. The van der Waals surface area contributed by atoms with Gasteiger partial charge in [-0.1, -0.05) is 41.9 Å². The predicted molar refractivity (Wildman–Crippen MR) is 123 cm³/mol. The van der Waals surface area contributed by atoms with E-state index in [9.17, 15) is 9.59 Å². The number of para-hydroxylation sites is 1. The van der Waals surface area contributed by atoms with Crippen molar-refractivity contribution in [3.05, 3.63) is 81.2 Å². The van der Waals surface area contributed by atoms with Crippen molar-refractivity contribution in [1.82, 2.24) is 14.7 Å². The number of nitrogens with zero attached hydrogens (tertiary/aromatic N) is 4. The van der Waals surface area contributed by atoms with Crippen LogP contribution in [0.15, 0.2) is 59.5 Å². The normalized spacial score (nSPS) is 15.4. The Morgan fingerprint density at radius 2 is 1.84 bits per heavy atom. The molecule has 2 aliphatic rings. The maximum absolute atomic E-state index is 12.8. The number of anilines is 1. The van der Waals surface area contributed by atoms with Gasteiger partial charge in [-0.25, -0.2) is 0 Å². The summed E-state index contributed by atoms with van der Waals surface area (Å²) < 4.78 is 6.84. The molecule has 0 unspecified atom stereocenters. The lowest BCUT2D eigenvalue weighted by Crippen LogP contribution is -2.49. The van der Waals surface area contributed by atoms with Crippen LogP contribution in [-0.4, -0.2) is 53.4 Å². The second-order valence-electron chi connectivity index (χ2n) is 7.98. The minimum absolute atomic E-state index is 0.104. The highest BCUT2D eigenvalue weighted by Gasteiger charge is 2.24. The molecule has 3 heterocycles. The number of hydrogen-bond acceptors (Lipinski definition) is 5. The Kier molecular flexibility index (Phi) is 5.57. The van der Waals surface area contributed by atoms with Crippen molar-refractivity contribution in [2.24, 2.45) is 0 Å². The Morgan fingerprint density at radius 3 is 2.62 bits per heavy atom. The van der Waals surface area contributed by atoms with Crippen molar-refractivity contribution < 1.29 is 9.53 Å². The third kappa shape index (κ3) is 3.96. The van der Waals surface area contributed by atoms with Crippen LogP contribution in [0.1, 0.15) is 11.1 Å². The topological polar surface area (TPSA) is 67.7 Å². The number of amides is 1. The maximum Gasteiger partial charge on any atom is 0.292 e. The molecule has 0 atom stereocenters. The molecular weight excluding hydrogens is 428 g/mol. The van der Waals surface area contributed by atoms with Gasteiger partial charge < -0.3 is 14.5 Å². The summed E-state index contributed by atoms with van der Waals surface area (Å²) >= 11 is 6.43. The summed E-state index contributed by atoms with van der Waals surface area (Å²) in [7, 11) is 0. The van der Waals surface area contributed by atoms with Crippen LogP contribution in [-0.2, 0) is 17.6 Å². The summed E-state index contributed by atoms with van der Waals surface area (Å²) in [6, 6.07) is 15.2. The van der Waals surface area contributed by atoms with Crippen LogP contribution >= 0.6 is 11.6 Å². The molecule has 1 saturated heterocycles. The monoisotopic (exact) mass is 450 g/mol. The first-order chi connectivity index (χ1) is 15.6. The SMILES string of the molecule is O=C(Cc1ccc2c(c1)CCO2)N1CCN(c2cnn(-c3ccccc3)c(=O)c2Cl)CC1. The summed E-state index contributed by atoms with van der Waals surface area (Å²) in [6.07, 6.45) is 2.90. The van der Waals surface area contributed by atoms with Crippen molar-refractivity contribution in [1.29, 1.82) is 0 Å². The van der Waals surface area contributed by atoms with Crippen LogP contribution < -0.4 is 15.2 Å². The Bertz CT molecular complexity index is 1200. The minimum Gasteiger partial charge on any atom is -0.493 e. The summed E-state index contributed by atoms with van der Waals surface area (Å²) in [5, 5.41) is 4.45. The Balaban J connectivity index is 1.24.